The van der Waals surface area contributed by atoms with E-state index in [9.17, 15) is 0 Å². The van der Waals surface area contributed by atoms with Crippen LogP contribution in [0.1, 0.15) is 5.56 Å². The molecule has 0 aromatic heterocycles. The van der Waals surface area contributed by atoms with E-state index in [4.69, 9.17) is 22.2 Å². The highest BCUT2D eigenvalue weighted by atomic mass is 35.5. The molecule has 66 valence electrons. The molecule has 1 aromatic carbocycles. The number of ether oxygens (including phenoxy) is 1. The third kappa shape index (κ3) is 2.11. The molecule has 0 bridgehead atoms. The Morgan fingerprint density at radius 2 is 2.33 bits per heavy atom. The maximum atomic E-state index is 5.79. The van der Waals surface area contributed by atoms with E-state index in [2.05, 4.69) is 5.43 Å². The van der Waals surface area contributed by atoms with Gasteiger partial charge in [-0.15, -0.1) is 0 Å². The number of benzene rings is 1. The second-order valence-corrected chi connectivity index (χ2v) is 2.77. The number of halogens is 1. The van der Waals surface area contributed by atoms with Crippen LogP contribution in [0.3, 0.4) is 0 Å². The van der Waals surface area contributed by atoms with E-state index in [1.54, 1.807) is 13.2 Å². The summed E-state index contributed by atoms with van der Waals surface area (Å²) in [5, 5.41) is 0.682. The van der Waals surface area contributed by atoms with Gasteiger partial charge in [0.25, 0.3) is 0 Å². The summed E-state index contributed by atoms with van der Waals surface area (Å²) < 4.78 is 5.10. The van der Waals surface area contributed by atoms with Crippen molar-refractivity contribution in [3.8, 4) is 5.75 Å². The van der Waals surface area contributed by atoms with E-state index in [-0.39, 0.29) is 0 Å². The van der Waals surface area contributed by atoms with Gasteiger partial charge >= 0.3 is 0 Å². The largest absolute Gasteiger partial charge is 0.496 e. The first-order chi connectivity index (χ1) is 5.77. The summed E-state index contributed by atoms with van der Waals surface area (Å²) in [6.45, 7) is 0.545. The fourth-order valence-corrected chi connectivity index (χ4v) is 1.19. The highest BCUT2D eigenvalue weighted by Crippen LogP contribution is 2.21. The van der Waals surface area contributed by atoms with Crippen molar-refractivity contribution in [3.63, 3.8) is 0 Å². The molecule has 3 nitrogen and oxygen atoms in total. The molecule has 3 N–H and O–H groups in total. The summed E-state index contributed by atoms with van der Waals surface area (Å²) in [4.78, 5) is 0. The topological polar surface area (TPSA) is 47.3 Å². The van der Waals surface area contributed by atoms with Crippen LogP contribution in [0.4, 0.5) is 0 Å². The van der Waals surface area contributed by atoms with Gasteiger partial charge in [-0.05, 0) is 18.2 Å². The molecule has 1 rings (SSSR count). The van der Waals surface area contributed by atoms with Crippen LogP contribution in [0.5, 0.6) is 5.75 Å². The molecule has 0 atom stereocenters. The SMILES string of the molecule is COc1ccc(Cl)cc1CNN. The standard InChI is InChI=1S/C8H11ClN2O/c1-12-8-3-2-7(9)4-6(8)5-11-10/h2-4,11H,5,10H2,1H3. The van der Waals surface area contributed by atoms with Crippen molar-refractivity contribution in [1.29, 1.82) is 0 Å². The summed E-state index contributed by atoms with van der Waals surface area (Å²) in [7, 11) is 1.61. The molecule has 0 heterocycles. The lowest BCUT2D eigenvalue weighted by Crippen LogP contribution is -2.21. The molecule has 0 spiro atoms. The van der Waals surface area contributed by atoms with Gasteiger partial charge < -0.3 is 4.74 Å². The van der Waals surface area contributed by atoms with Gasteiger partial charge in [0.05, 0.1) is 7.11 Å². The zero-order valence-corrected chi connectivity index (χ0v) is 7.56. The van der Waals surface area contributed by atoms with E-state index in [1.165, 1.54) is 0 Å². The lowest BCUT2D eigenvalue weighted by molar-refractivity contribution is 0.408. The van der Waals surface area contributed by atoms with Crippen LogP contribution in [-0.4, -0.2) is 7.11 Å². The van der Waals surface area contributed by atoms with Gasteiger partial charge in [-0.1, -0.05) is 11.6 Å². The van der Waals surface area contributed by atoms with Crippen LogP contribution in [-0.2, 0) is 6.54 Å². The van der Waals surface area contributed by atoms with E-state index in [0.717, 1.165) is 11.3 Å². The second-order valence-electron chi connectivity index (χ2n) is 2.34. The molecule has 0 radical (unpaired) electrons. The molecule has 0 fully saturated rings. The number of hydrogen-bond donors (Lipinski definition) is 2. The Morgan fingerprint density at radius 3 is 2.92 bits per heavy atom. The number of rotatable bonds is 3. The van der Waals surface area contributed by atoms with Gasteiger partial charge in [0, 0.05) is 17.1 Å². The Hall–Kier alpha value is -0.770. The Labute approximate surface area is 76.4 Å². The molecule has 0 aliphatic heterocycles. The van der Waals surface area contributed by atoms with Crippen LogP contribution in [0.2, 0.25) is 5.02 Å². The predicted octanol–water partition coefficient (Wildman–Crippen LogP) is 1.31. The monoisotopic (exact) mass is 186 g/mol. The Balaban J connectivity index is 2.95. The molecule has 12 heavy (non-hydrogen) atoms. The van der Waals surface area contributed by atoms with Crippen molar-refractivity contribution >= 4 is 11.6 Å². The van der Waals surface area contributed by atoms with Gasteiger partial charge in [0.2, 0.25) is 0 Å². The highest BCUT2D eigenvalue weighted by molar-refractivity contribution is 6.30. The van der Waals surface area contributed by atoms with Crippen LogP contribution in [0.25, 0.3) is 0 Å². The minimum absolute atomic E-state index is 0.545. The van der Waals surface area contributed by atoms with Crippen LogP contribution < -0.4 is 16.0 Å². The van der Waals surface area contributed by atoms with Gasteiger partial charge in [0.1, 0.15) is 5.75 Å². The normalized spacial score (nSPS) is 9.92. The smallest absolute Gasteiger partial charge is 0.123 e. The van der Waals surface area contributed by atoms with Gasteiger partial charge in [0.15, 0.2) is 0 Å². The molecular formula is C8H11ClN2O. The minimum atomic E-state index is 0.545. The lowest BCUT2D eigenvalue weighted by atomic mass is 10.2. The molecule has 0 saturated carbocycles. The first-order valence-electron chi connectivity index (χ1n) is 3.54. The number of hydrogen-bond acceptors (Lipinski definition) is 3. The van der Waals surface area contributed by atoms with Crippen molar-refractivity contribution in [1.82, 2.24) is 5.43 Å². The van der Waals surface area contributed by atoms with Crippen molar-refractivity contribution < 1.29 is 4.74 Å². The number of nitrogens with two attached hydrogens (primary N) is 1. The average Bonchev–Trinajstić information content (AvgIpc) is 2.05. The van der Waals surface area contributed by atoms with E-state index < -0.39 is 0 Å². The molecule has 0 amide bonds. The van der Waals surface area contributed by atoms with Crippen LogP contribution in [0.15, 0.2) is 18.2 Å². The van der Waals surface area contributed by atoms with Crippen molar-refractivity contribution in [2.75, 3.05) is 7.11 Å². The third-order valence-corrected chi connectivity index (χ3v) is 1.77. The summed E-state index contributed by atoms with van der Waals surface area (Å²) in [5.74, 6) is 5.97. The minimum Gasteiger partial charge on any atom is -0.496 e. The summed E-state index contributed by atoms with van der Waals surface area (Å²) in [6.07, 6.45) is 0. The lowest BCUT2D eigenvalue weighted by Gasteiger charge is -2.07. The van der Waals surface area contributed by atoms with Crippen molar-refractivity contribution in [2.24, 2.45) is 5.84 Å². The van der Waals surface area contributed by atoms with E-state index in [0.29, 0.717) is 11.6 Å². The Kier molecular flexibility index (Phi) is 3.34. The maximum Gasteiger partial charge on any atom is 0.123 e. The van der Waals surface area contributed by atoms with E-state index >= 15 is 0 Å². The van der Waals surface area contributed by atoms with Crippen LogP contribution in [0, 0.1) is 0 Å². The third-order valence-electron chi connectivity index (χ3n) is 1.53. The molecule has 1 aromatic rings. The fourth-order valence-electron chi connectivity index (χ4n) is 0.995. The highest BCUT2D eigenvalue weighted by Gasteiger charge is 2.01. The molecule has 0 saturated heterocycles. The number of nitrogens with one attached hydrogen (secondary N) is 1. The number of methoxy groups -OCH3 is 1. The first-order valence-corrected chi connectivity index (χ1v) is 3.91. The molecule has 0 aliphatic carbocycles. The Bertz CT molecular complexity index is 265. The molecule has 0 aliphatic rings. The molecule has 0 unspecified atom stereocenters. The van der Waals surface area contributed by atoms with Crippen LogP contribution >= 0.6 is 11.6 Å². The quantitative estimate of drug-likeness (QED) is 0.553. The summed E-state index contributed by atoms with van der Waals surface area (Å²) in [6, 6.07) is 5.41. The Morgan fingerprint density at radius 1 is 1.58 bits per heavy atom. The summed E-state index contributed by atoms with van der Waals surface area (Å²) >= 11 is 5.79. The first kappa shape index (κ1) is 9.32. The van der Waals surface area contributed by atoms with E-state index in [1.807, 2.05) is 12.1 Å². The van der Waals surface area contributed by atoms with Gasteiger partial charge in [-0.2, -0.15) is 0 Å². The summed E-state index contributed by atoms with van der Waals surface area (Å²) in [5.41, 5.74) is 3.50. The maximum absolute atomic E-state index is 5.79. The molecular weight excluding hydrogens is 176 g/mol. The second kappa shape index (κ2) is 4.30. The van der Waals surface area contributed by atoms with Gasteiger partial charge in [-0.3, -0.25) is 11.3 Å². The zero-order chi connectivity index (χ0) is 8.97. The average molecular weight is 187 g/mol. The number of hydrazine groups is 1. The van der Waals surface area contributed by atoms with Gasteiger partial charge in [-0.25, -0.2) is 0 Å². The van der Waals surface area contributed by atoms with Crippen molar-refractivity contribution in [3.05, 3.63) is 28.8 Å². The fraction of sp³-hybridized carbons (Fsp3) is 0.250. The predicted molar refractivity (Wildman–Crippen MR) is 49.0 cm³/mol. The molecule has 4 heteroatoms. The van der Waals surface area contributed by atoms with Crippen molar-refractivity contribution in [2.45, 2.75) is 6.54 Å². The zero-order valence-electron chi connectivity index (χ0n) is 6.80.